The van der Waals surface area contributed by atoms with Crippen molar-refractivity contribution < 1.29 is 14.3 Å². The molecule has 0 spiro atoms. The van der Waals surface area contributed by atoms with Gasteiger partial charge in [-0.3, -0.25) is 4.79 Å². The second-order valence-corrected chi connectivity index (χ2v) is 9.04. The molecule has 0 bridgehead atoms. The number of aryl methyl sites for hydroxylation is 1. The lowest BCUT2D eigenvalue weighted by Gasteiger charge is -2.28. The van der Waals surface area contributed by atoms with Crippen LogP contribution in [0.1, 0.15) is 20.8 Å². The standard InChI is InChI=1S/C23H26N6O3S/c1-16-3-2-4-17(13-16)15-24-27-23-25-18-14-19(22(30)29-7-11-32-12-8-29)33-20(18)21(26-23)28-5-9-31-10-6-28/h2-4,13-15H,5-12H2,1H3,(H,25,26,27)/b24-15+. The summed E-state index contributed by atoms with van der Waals surface area (Å²) in [5.41, 5.74) is 5.87. The number of rotatable bonds is 5. The van der Waals surface area contributed by atoms with Gasteiger partial charge in [0.15, 0.2) is 5.82 Å². The largest absolute Gasteiger partial charge is 0.378 e. The molecule has 33 heavy (non-hydrogen) atoms. The van der Waals surface area contributed by atoms with Gasteiger partial charge in [0.2, 0.25) is 5.95 Å². The first-order valence-corrected chi connectivity index (χ1v) is 11.9. The van der Waals surface area contributed by atoms with Crippen molar-refractivity contribution in [1.82, 2.24) is 14.9 Å². The van der Waals surface area contributed by atoms with Gasteiger partial charge >= 0.3 is 0 Å². The highest BCUT2D eigenvalue weighted by atomic mass is 32.1. The molecule has 172 valence electrons. The van der Waals surface area contributed by atoms with E-state index in [-0.39, 0.29) is 5.91 Å². The Bertz CT molecular complexity index is 1170. The first kappa shape index (κ1) is 21.7. The number of hydrogen-bond acceptors (Lipinski definition) is 9. The van der Waals surface area contributed by atoms with Gasteiger partial charge < -0.3 is 19.3 Å². The summed E-state index contributed by atoms with van der Waals surface area (Å²) in [4.78, 5) is 27.1. The summed E-state index contributed by atoms with van der Waals surface area (Å²) in [5, 5.41) is 4.33. The van der Waals surface area contributed by atoms with Crippen LogP contribution in [0.3, 0.4) is 0 Å². The van der Waals surface area contributed by atoms with Gasteiger partial charge in [-0.2, -0.15) is 10.1 Å². The summed E-state index contributed by atoms with van der Waals surface area (Å²) in [7, 11) is 0. The van der Waals surface area contributed by atoms with Crippen molar-refractivity contribution in [3.63, 3.8) is 0 Å². The predicted octanol–water partition coefficient (Wildman–Crippen LogP) is 2.75. The van der Waals surface area contributed by atoms with Crippen LogP contribution >= 0.6 is 11.3 Å². The summed E-state index contributed by atoms with van der Waals surface area (Å²) in [6, 6.07) is 9.94. The van der Waals surface area contributed by atoms with Crippen LogP contribution in [0.4, 0.5) is 11.8 Å². The molecule has 2 aliphatic heterocycles. The van der Waals surface area contributed by atoms with Crippen LogP contribution in [0.5, 0.6) is 0 Å². The van der Waals surface area contributed by atoms with E-state index >= 15 is 0 Å². The Balaban J connectivity index is 1.45. The maximum absolute atomic E-state index is 13.1. The average Bonchev–Trinajstić information content (AvgIpc) is 3.28. The molecule has 10 heteroatoms. The topological polar surface area (TPSA) is 92.2 Å². The van der Waals surface area contributed by atoms with Gasteiger partial charge in [0.1, 0.15) is 0 Å². The molecule has 2 aromatic heterocycles. The molecule has 1 aromatic carbocycles. The third kappa shape index (κ3) is 4.97. The molecule has 4 heterocycles. The minimum Gasteiger partial charge on any atom is -0.378 e. The molecule has 3 aromatic rings. The van der Waals surface area contributed by atoms with Gasteiger partial charge in [-0.05, 0) is 18.6 Å². The second-order valence-electron chi connectivity index (χ2n) is 7.98. The third-order valence-electron chi connectivity index (χ3n) is 5.59. The minimum absolute atomic E-state index is 0.0150. The average molecular weight is 467 g/mol. The number of amides is 1. The Morgan fingerprint density at radius 2 is 1.85 bits per heavy atom. The molecule has 0 unspecified atom stereocenters. The molecule has 5 rings (SSSR count). The van der Waals surface area contributed by atoms with E-state index in [4.69, 9.17) is 14.5 Å². The molecule has 2 aliphatic rings. The molecule has 0 aliphatic carbocycles. The number of nitrogens with one attached hydrogen (secondary N) is 1. The van der Waals surface area contributed by atoms with Crippen LogP contribution in [-0.2, 0) is 9.47 Å². The van der Waals surface area contributed by atoms with Gasteiger partial charge in [0, 0.05) is 26.2 Å². The number of carbonyl (C=O) groups excluding carboxylic acids is 1. The Labute approximate surface area is 196 Å². The van der Waals surface area contributed by atoms with Crippen molar-refractivity contribution >= 4 is 45.4 Å². The van der Waals surface area contributed by atoms with E-state index < -0.39 is 0 Å². The zero-order valence-electron chi connectivity index (χ0n) is 18.5. The van der Waals surface area contributed by atoms with Gasteiger partial charge in [-0.25, -0.2) is 10.4 Å². The molecule has 0 atom stereocenters. The maximum atomic E-state index is 13.1. The monoisotopic (exact) mass is 466 g/mol. The Hall–Kier alpha value is -3.08. The molecule has 0 radical (unpaired) electrons. The van der Waals surface area contributed by atoms with Crippen LogP contribution in [-0.4, -0.2) is 79.6 Å². The van der Waals surface area contributed by atoms with Gasteiger partial charge in [-0.15, -0.1) is 11.3 Å². The number of hydrazone groups is 1. The minimum atomic E-state index is 0.0150. The van der Waals surface area contributed by atoms with E-state index in [2.05, 4.69) is 26.5 Å². The fourth-order valence-corrected chi connectivity index (χ4v) is 4.98. The zero-order chi connectivity index (χ0) is 22.6. The lowest BCUT2D eigenvalue weighted by Crippen LogP contribution is -2.40. The third-order valence-corrected chi connectivity index (χ3v) is 6.70. The van der Waals surface area contributed by atoms with Crippen LogP contribution in [0.2, 0.25) is 0 Å². The Morgan fingerprint density at radius 3 is 2.61 bits per heavy atom. The fraction of sp³-hybridized carbons (Fsp3) is 0.391. The van der Waals surface area contributed by atoms with E-state index in [0.29, 0.717) is 50.3 Å². The number of hydrogen-bond donors (Lipinski definition) is 1. The van der Waals surface area contributed by atoms with E-state index in [9.17, 15) is 4.79 Å². The molecule has 2 fully saturated rings. The van der Waals surface area contributed by atoms with E-state index in [0.717, 1.165) is 34.7 Å². The molecule has 0 saturated carbocycles. The predicted molar refractivity (Wildman–Crippen MR) is 130 cm³/mol. The second kappa shape index (κ2) is 9.82. The van der Waals surface area contributed by atoms with Crippen LogP contribution in [0.15, 0.2) is 35.4 Å². The van der Waals surface area contributed by atoms with Gasteiger partial charge in [-0.1, -0.05) is 29.8 Å². The quantitative estimate of drug-likeness (QED) is 0.457. The number of fused-ring (bicyclic) bond motifs is 1. The number of thiophene rings is 1. The fourth-order valence-electron chi connectivity index (χ4n) is 3.90. The summed E-state index contributed by atoms with van der Waals surface area (Å²) in [5.74, 6) is 1.22. The van der Waals surface area contributed by atoms with Crippen molar-refractivity contribution in [2.45, 2.75) is 6.92 Å². The molecular formula is C23H26N6O3S. The number of morpholine rings is 2. The number of anilines is 2. The number of benzene rings is 1. The highest BCUT2D eigenvalue weighted by Crippen LogP contribution is 2.34. The molecule has 2 saturated heterocycles. The van der Waals surface area contributed by atoms with E-state index in [1.54, 1.807) is 6.21 Å². The number of carbonyl (C=O) groups is 1. The summed E-state index contributed by atoms with van der Waals surface area (Å²) in [6.07, 6.45) is 1.75. The van der Waals surface area contributed by atoms with Crippen molar-refractivity contribution in [1.29, 1.82) is 0 Å². The number of aromatic nitrogens is 2. The summed E-state index contributed by atoms with van der Waals surface area (Å²) in [6.45, 7) is 7.17. The highest BCUT2D eigenvalue weighted by molar-refractivity contribution is 7.21. The first-order valence-electron chi connectivity index (χ1n) is 11.0. The van der Waals surface area contributed by atoms with Gasteiger partial charge in [0.25, 0.3) is 5.91 Å². The smallest absolute Gasteiger partial charge is 0.264 e. The Morgan fingerprint density at radius 1 is 1.09 bits per heavy atom. The van der Waals surface area contributed by atoms with Gasteiger partial charge in [0.05, 0.1) is 47.7 Å². The lowest BCUT2D eigenvalue weighted by atomic mass is 10.2. The first-order chi connectivity index (χ1) is 16.2. The van der Waals surface area contributed by atoms with Crippen molar-refractivity contribution in [3.8, 4) is 0 Å². The molecule has 9 nitrogen and oxygen atoms in total. The SMILES string of the molecule is Cc1cccc(/C=N/Nc2nc(N3CCOCC3)c3sc(C(=O)N4CCOCC4)cc3n2)c1. The molecule has 1 N–H and O–H groups in total. The highest BCUT2D eigenvalue weighted by Gasteiger charge is 2.24. The van der Waals surface area contributed by atoms with Crippen molar-refractivity contribution in [2.24, 2.45) is 5.10 Å². The van der Waals surface area contributed by atoms with Crippen molar-refractivity contribution in [3.05, 3.63) is 46.3 Å². The van der Waals surface area contributed by atoms with E-state index in [1.807, 2.05) is 36.1 Å². The lowest BCUT2D eigenvalue weighted by molar-refractivity contribution is 0.0306. The van der Waals surface area contributed by atoms with E-state index in [1.165, 1.54) is 16.9 Å². The maximum Gasteiger partial charge on any atom is 0.264 e. The zero-order valence-corrected chi connectivity index (χ0v) is 19.3. The summed E-state index contributed by atoms with van der Waals surface area (Å²) < 4.78 is 11.8. The number of ether oxygens (including phenoxy) is 2. The van der Waals surface area contributed by atoms with Crippen LogP contribution in [0, 0.1) is 6.92 Å². The normalized spacial score (nSPS) is 17.1. The van der Waals surface area contributed by atoms with Crippen molar-refractivity contribution in [2.75, 3.05) is 62.9 Å². The number of nitrogens with zero attached hydrogens (tertiary/aromatic N) is 5. The summed E-state index contributed by atoms with van der Waals surface area (Å²) >= 11 is 1.44. The molecule has 1 amide bonds. The Kier molecular flexibility index (Phi) is 6.47. The molecular weight excluding hydrogens is 440 g/mol. The van der Waals surface area contributed by atoms with Crippen LogP contribution < -0.4 is 10.3 Å². The van der Waals surface area contributed by atoms with Crippen LogP contribution in [0.25, 0.3) is 10.2 Å².